The van der Waals surface area contributed by atoms with Gasteiger partial charge >= 0.3 is 0 Å². The van der Waals surface area contributed by atoms with Gasteiger partial charge in [0.1, 0.15) is 9.77 Å². The largest absolute Gasteiger partial charge is 0.454 e. The summed E-state index contributed by atoms with van der Waals surface area (Å²) in [4.78, 5) is 12.9. The van der Waals surface area contributed by atoms with E-state index in [1.54, 1.807) is 12.1 Å². The maximum Gasteiger partial charge on any atom is 0.267 e. The van der Waals surface area contributed by atoms with E-state index in [1.165, 1.54) is 23.6 Å². The standard InChI is InChI=1S/C23H25N3O5S2.C2H2/c1-5-14(3)17(24)8-7-15(4)26-33(28,29)21-9-10-32-22(21)23(27)25-18-12-20-19(30-13-31-20)11-16(18)6-2;1-2/h7-12,24,26H,3-6,13H2,1-2H3,(H,25,27);1-2H/b8-7-,24-17?;. The Hall–Kier alpha value is -3.81. The molecule has 1 aromatic heterocycles. The zero-order chi connectivity index (χ0) is 26.2. The van der Waals surface area contributed by atoms with E-state index in [4.69, 9.17) is 14.9 Å². The van der Waals surface area contributed by atoms with Crippen LogP contribution in [0.2, 0.25) is 0 Å². The van der Waals surface area contributed by atoms with Crippen molar-refractivity contribution in [2.75, 3.05) is 12.1 Å². The number of hydrogen-bond donors (Lipinski definition) is 3. The maximum absolute atomic E-state index is 13.0. The van der Waals surface area contributed by atoms with Crippen molar-refractivity contribution in [3.63, 3.8) is 0 Å². The van der Waals surface area contributed by atoms with E-state index in [1.807, 2.05) is 13.8 Å². The smallest absolute Gasteiger partial charge is 0.267 e. The normalized spacial score (nSPS) is 11.9. The first-order chi connectivity index (χ1) is 16.7. The summed E-state index contributed by atoms with van der Waals surface area (Å²) in [6.45, 7) is 11.4. The zero-order valence-corrected chi connectivity index (χ0v) is 21.1. The number of sulfonamides is 1. The molecule has 0 saturated heterocycles. The Morgan fingerprint density at radius 2 is 1.86 bits per heavy atom. The summed E-state index contributed by atoms with van der Waals surface area (Å²) in [7, 11) is -4.07. The highest BCUT2D eigenvalue weighted by molar-refractivity contribution is 7.89. The number of hydrogen-bond acceptors (Lipinski definition) is 7. The van der Waals surface area contributed by atoms with Gasteiger partial charge in [0, 0.05) is 17.5 Å². The molecular formula is C25H27N3O5S2. The summed E-state index contributed by atoms with van der Waals surface area (Å²) in [5.41, 5.74) is 2.22. The summed E-state index contributed by atoms with van der Waals surface area (Å²) < 4.78 is 38.9. The minimum absolute atomic E-state index is 0.0334. The lowest BCUT2D eigenvalue weighted by Gasteiger charge is -2.12. The summed E-state index contributed by atoms with van der Waals surface area (Å²) >= 11 is 1.01. The Balaban J connectivity index is 0.00000210. The molecule has 0 unspecified atom stereocenters. The van der Waals surface area contributed by atoms with E-state index < -0.39 is 15.9 Å². The molecule has 184 valence electrons. The fourth-order valence-electron chi connectivity index (χ4n) is 3.00. The lowest BCUT2D eigenvalue weighted by atomic mass is 10.1. The number of thiophene rings is 1. The van der Waals surface area contributed by atoms with Crippen molar-refractivity contribution in [1.82, 2.24) is 4.72 Å². The molecule has 2 heterocycles. The Morgan fingerprint density at radius 3 is 2.49 bits per heavy atom. The zero-order valence-electron chi connectivity index (χ0n) is 19.5. The Morgan fingerprint density at radius 1 is 1.20 bits per heavy atom. The number of allylic oxidation sites excluding steroid dienone is 3. The molecule has 1 amide bonds. The monoisotopic (exact) mass is 513 g/mol. The molecule has 3 N–H and O–H groups in total. The molecule has 3 rings (SSSR count). The summed E-state index contributed by atoms with van der Waals surface area (Å²) in [5, 5.41) is 12.2. The number of anilines is 1. The van der Waals surface area contributed by atoms with Gasteiger partial charge in [0.2, 0.25) is 6.79 Å². The minimum atomic E-state index is -4.07. The second-order valence-electron chi connectivity index (χ2n) is 7.12. The number of benzene rings is 1. The average Bonchev–Trinajstić information content (AvgIpc) is 3.52. The van der Waals surface area contributed by atoms with Crippen LogP contribution >= 0.6 is 11.3 Å². The molecule has 0 bridgehead atoms. The molecular weight excluding hydrogens is 486 g/mol. The van der Waals surface area contributed by atoms with E-state index in [-0.39, 0.29) is 28.0 Å². The number of carbonyl (C=O) groups is 1. The molecule has 0 spiro atoms. The molecule has 35 heavy (non-hydrogen) atoms. The van der Waals surface area contributed by atoms with E-state index >= 15 is 0 Å². The van der Waals surface area contributed by atoms with Gasteiger partial charge in [-0.2, -0.15) is 0 Å². The molecule has 1 aliphatic rings. The first kappa shape index (κ1) is 27.4. The highest BCUT2D eigenvalue weighted by Crippen LogP contribution is 2.37. The van der Waals surface area contributed by atoms with Gasteiger partial charge in [-0.3, -0.25) is 9.52 Å². The van der Waals surface area contributed by atoms with Gasteiger partial charge in [0.15, 0.2) is 11.5 Å². The fraction of sp³-hybridized carbons (Fsp3) is 0.200. The van der Waals surface area contributed by atoms with Crippen LogP contribution in [0.25, 0.3) is 0 Å². The number of ether oxygens (including phenoxy) is 2. The Kier molecular flexibility index (Phi) is 9.45. The van der Waals surface area contributed by atoms with Crippen LogP contribution in [0.5, 0.6) is 11.5 Å². The lowest BCUT2D eigenvalue weighted by molar-refractivity contribution is 0.102. The highest BCUT2D eigenvalue weighted by atomic mass is 32.2. The third kappa shape index (κ3) is 6.62. The highest BCUT2D eigenvalue weighted by Gasteiger charge is 2.25. The van der Waals surface area contributed by atoms with Gasteiger partial charge in [-0.15, -0.1) is 24.2 Å². The third-order valence-electron chi connectivity index (χ3n) is 4.88. The molecule has 0 aliphatic carbocycles. The molecule has 0 atom stereocenters. The predicted octanol–water partition coefficient (Wildman–Crippen LogP) is 4.88. The minimum Gasteiger partial charge on any atom is -0.454 e. The molecule has 0 radical (unpaired) electrons. The summed E-state index contributed by atoms with van der Waals surface area (Å²) in [5.74, 6) is 0.569. The molecule has 0 saturated carbocycles. The fourth-order valence-corrected chi connectivity index (χ4v) is 5.35. The van der Waals surface area contributed by atoms with Crippen molar-refractivity contribution in [2.45, 2.75) is 31.6 Å². The van der Waals surface area contributed by atoms with Gasteiger partial charge in [-0.1, -0.05) is 27.0 Å². The number of carbonyl (C=O) groups excluding carboxylic acids is 1. The Bertz CT molecular complexity index is 1300. The second kappa shape index (κ2) is 12.1. The van der Waals surface area contributed by atoms with E-state index in [0.717, 1.165) is 16.9 Å². The van der Waals surface area contributed by atoms with Crippen LogP contribution in [0.4, 0.5) is 5.69 Å². The number of amides is 1. The van der Waals surface area contributed by atoms with Crippen LogP contribution in [0.1, 0.15) is 35.5 Å². The van der Waals surface area contributed by atoms with Crippen molar-refractivity contribution < 1.29 is 22.7 Å². The van der Waals surface area contributed by atoms with E-state index in [0.29, 0.717) is 35.6 Å². The topological polar surface area (TPSA) is 118 Å². The van der Waals surface area contributed by atoms with E-state index in [2.05, 4.69) is 36.0 Å². The van der Waals surface area contributed by atoms with Crippen molar-refractivity contribution in [3.05, 3.63) is 70.6 Å². The van der Waals surface area contributed by atoms with Crippen LogP contribution in [0.3, 0.4) is 0 Å². The van der Waals surface area contributed by atoms with E-state index in [9.17, 15) is 13.2 Å². The third-order valence-corrected chi connectivity index (χ3v) is 7.37. The van der Waals surface area contributed by atoms with Crippen molar-refractivity contribution in [1.29, 1.82) is 5.41 Å². The van der Waals surface area contributed by atoms with Gasteiger partial charge in [0.25, 0.3) is 15.9 Å². The predicted molar refractivity (Wildman–Crippen MR) is 140 cm³/mol. The molecule has 2 aromatic rings. The van der Waals surface area contributed by atoms with Crippen LogP contribution in [0, 0.1) is 18.3 Å². The first-order valence-electron chi connectivity index (χ1n) is 10.5. The number of fused-ring (bicyclic) bond motifs is 1. The van der Waals surface area contributed by atoms with Crippen LogP contribution < -0.4 is 19.5 Å². The second-order valence-corrected chi connectivity index (χ2v) is 9.69. The van der Waals surface area contributed by atoms with Crippen molar-refractivity contribution in [3.8, 4) is 24.3 Å². The maximum atomic E-state index is 13.0. The van der Waals surface area contributed by atoms with Crippen molar-refractivity contribution >= 4 is 38.7 Å². The number of terminal acetylenes is 1. The summed E-state index contributed by atoms with van der Waals surface area (Å²) in [6.07, 6.45) is 12.0. The number of nitrogens with one attached hydrogen (secondary N) is 3. The molecule has 8 nitrogen and oxygen atoms in total. The van der Waals surface area contributed by atoms with Crippen LogP contribution in [-0.4, -0.2) is 26.8 Å². The molecule has 10 heteroatoms. The van der Waals surface area contributed by atoms with Gasteiger partial charge in [-0.25, -0.2) is 8.42 Å². The van der Waals surface area contributed by atoms with Gasteiger partial charge < -0.3 is 20.2 Å². The molecule has 1 aromatic carbocycles. The van der Waals surface area contributed by atoms with Gasteiger partial charge in [0.05, 0.1) is 5.71 Å². The number of rotatable bonds is 10. The molecule has 0 fully saturated rings. The average molecular weight is 514 g/mol. The summed E-state index contributed by atoms with van der Waals surface area (Å²) in [6, 6.07) is 4.83. The lowest BCUT2D eigenvalue weighted by Crippen LogP contribution is -2.24. The Labute approximate surface area is 209 Å². The number of aryl methyl sites for hydroxylation is 1. The first-order valence-corrected chi connectivity index (χ1v) is 12.8. The van der Waals surface area contributed by atoms with Gasteiger partial charge in [-0.05, 0) is 53.6 Å². The molecule has 1 aliphatic heterocycles. The van der Waals surface area contributed by atoms with Crippen LogP contribution in [-0.2, 0) is 16.4 Å². The van der Waals surface area contributed by atoms with Crippen molar-refractivity contribution in [2.24, 2.45) is 0 Å². The van der Waals surface area contributed by atoms with Crippen LogP contribution in [0.15, 0.2) is 65.1 Å². The SMILES string of the molecule is C#C.C=C(/C=C\C(=N)C(=C)CC)NS(=O)(=O)c1ccsc1C(=O)Nc1cc2c(cc1CC)OCO2. The quantitative estimate of drug-likeness (QED) is 0.238.